The maximum absolute atomic E-state index is 10.8. The molecule has 57 heavy (non-hydrogen) atoms. The number of rotatable bonds is 4. The Balaban J connectivity index is 1.14. The molecule has 3 heterocycles. The van der Waals surface area contributed by atoms with Gasteiger partial charge < -0.3 is 13.7 Å². The molecule has 0 saturated heterocycles. The highest BCUT2D eigenvalue weighted by Gasteiger charge is 2.22. The van der Waals surface area contributed by atoms with E-state index in [0.29, 0.717) is 33.6 Å². The fraction of sp³-hybridized carbons (Fsp3) is 0. The summed E-state index contributed by atoms with van der Waals surface area (Å²) in [7, 11) is 0. The molecule has 0 aliphatic heterocycles. The molecule has 11 aromatic rings. The van der Waals surface area contributed by atoms with E-state index in [-0.39, 0.29) is 0 Å². The average Bonchev–Trinajstić information content (AvgIpc) is 3.90. The van der Waals surface area contributed by atoms with Crippen molar-refractivity contribution < 1.29 is 0 Å². The fourth-order valence-corrected chi connectivity index (χ4v) is 8.91. The second kappa shape index (κ2) is 12.3. The first-order chi connectivity index (χ1) is 28.2. The lowest BCUT2D eigenvalue weighted by atomic mass is 9.95. The maximum atomic E-state index is 10.8. The quantitative estimate of drug-likeness (QED) is 0.170. The summed E-state index contributed by atoms with van der Waals surface area (Å²) in [5.74, 6) is 0. The third kappa shape index (κ3) is 4.61. The summed E-state index contributed by atoms with van der Waals surface area (Å²) in [5, 5.41) is 28.1. The number of nitrogens with zero attached hydrogens (tertiary/aromatic N) is 6. The maximum Gasteiger partial charge on any atom is 0.197 e. The number of aromatic nitrogens is 3. The monoisotopic (exact) mass is 724 g/mol. The van der Waals surface area contributed by atoms with Crippen LogP contribution in [-0.4, -0.2) is 13.7 Å². The normalized spacial score (nSPS) is 11.5. The molecule has 0 aliphatic rings. The zero-order chi connectivity index (χ0) is 38.2. The molecular formula is C51H28N6. The molecule has 262 valence electrons. The standard InChI is InChI=1S/C51H28N6/c1-54-44-28-49(33(31-53)26-41(44)36-24-23-35(25-32(36)30-52)56-45-19-9-5-15-37(45)38-16-6-10-20-46(38)56)57-48-22-12-8-18-40(48)43-27-42-39-17-7-11-21-47(39)55(50(42)29-51(43)57)34-13-3-2-4-14-34/h2-29H. The van der Waals surface area contributed by atoms with Gasteiger partial charge in [0.1, 0.15) is 6.07 Å². The van der Waals surface area contributed by atoms with Gasteiger partial charge in [-0.05, 0) is 83.9 Å². The van der Waals surface area contributed by atoms with Crippen molar-refractivity contribution in [1.29, 1.82) is 10.5 Å². The van der Waals surface area contributed by atoms with Gasteiger partial charge in [-0.3, -0.25) is 0 Å². The molecule has 0 atom stereocenters. The minimum Gasteiger partial charge on any atom is -0.309 e. The van der Waals surface area contributed by atoms with Crippen LogP contribution in [0.25, 0.3) is 98.5 Å². The van der Waals surface area contributed by atoms with Crippen LogP contribution in [0.5, 0.6) is 0 Å². The summed E-state index contributed by atoms with van der Waals surface area (Å²) < 4.78 is 6.58. The molecule has 0 radical (unpaired) electrons. The van der Waals surface area contributed by atoms with E-state index < -0.39 is 0 Å². The van der Waals surface area contributed by atoms with Crippen LogP contribution in [0.4, 0.5) is 5.69 Å². The average molecular weight is 725 g/mol. The Bertz CT molecular complexity index is 3560. The molecule has 0 bridgehead atoms. The summed E-state index contributed by atoms with van der Waals surface area (Å²) in [6.45, 7) is 8.41. The Hall–Kier alpha value is -8.37. The number of benzene rings is 8. The predicted octanol–water partition coefficient (Wildman–Crippen LogP) is 12.9. The van der Waals surface area contributed by atoms with Gasteiger partial charge >= 0.3 is 0 Å². The zero-order valence-electron chi connectivity index (χ0n) is 30.3. The van der Waals surface area contributed by atoms with Crippen molar-refractivity contribution in [1.82, 2.24) is 13.7 Å². The molecular weight excluding hydrogens is 697 g/mol. The lowest BCUT2D eigenvalue weighted by Crippen LogP contribution is -2.00. The largest absolute Gasteiger partial charge is 0.309 e. The van der Waals surface area contributed by atoms with Gasteiger partial charge in [0.2, 0.25) is 0 Å². The highest BCUT2D eigenvalue weighted by molar-refractivity contribution is 6.19. The van der Waals surface area contributed by atoms with Crippen LogP contribution in [0.15, 0.2) is 170 Å². The van der Waals surface area contributed by atoms with E-state index in [2.05, 4.69) is 116 Å². The minimum atomic E-state index is 0.357. The molecule has 3 aromatic heterocycles. The molecule has 6 heteroatoms. The Labute approximate surface area is 326 Å². The molecule has 8 aromatic carbocycles. The van der Waals surface area contributed by atoms with E-state index in [1.165, 1.54) is 0 Å². The van der Waals surface area contributed by atoms with Crippen molar-refractivity contribution in [3.63, 3.8) is 0 Å². The Morgan fingerprint density at radius 1 is 0.386 bits per heavy atom. The van der Waals surface area contributed by atoms with E-state index in [0.717, 1.165) is 76.8 Å². The Morgan fingerprint density at radius 2 is 0.877 bits per heavy atom. The second-order valence-corrected chi connectivity index (χ2v) is 14.2. The zero-order valence-corrected chi connectivity index (χ0v) is 30.3. The molecule has 0 fully saturated rings. The summed E-state index contributed by atoms with van der Waals surface area (Å²) in [6.07, 6.45) is 0. The van der Waals surface area contributed by atoms with Crippen LogP contribution < -0.4 is 0 Å². The van der Waals surface area contributed by atoms with E-state index in [1.54, 1.807) is 6.07 Å². The van der Waals surface area contributed by atoms with Gasteiger partial charge in [-0.25, -0.2) is 4.85 Å². The molecule has 0 amide bonds. The summed E-state index contributed by atoms with van der Waals surface area (Å²) >= 11 is 0. The SMILES string of the molecule is [C-]#[N+]c1cc(-n2c3ccccc3c3cc4c5ccccc5n(-c5ccccc5)c4cc32)c(C#N)cc1-c1ccc(-n2c3ccccc3c3ccccc32)cc1C#N. The Morgan fingerprint density at radius 3 is 1.44 bits per heavy atom. The third-order valence-electron chi connectivity index (χ3n) is 11.3. The van der Waals surface area contributed by atoms with Gasteiger partial charge in [0, 0.05) is 43.7 Å². The smallest absolute Gasteiger partial charge is 0.197 e. The topological polar surface area (TPSA) is 66.7 Å². The van der Waals surface area contributed by atoms with Crippen LogP contribution >= 0.6 is 0 Å². The minimum absolute atomic E-state index is 0.357. The summed E-state index contributed by atoms with van der Waals surface area (Å²) in [4.78, 5) is 4.02. The van der Waals surface area contributed by atoms with E-state index in [4.69, 9.17) is 6.57 Å². The number of fused-ring (bicyclic) bond motifs is 9. The highest BCUT2D eigenvalue weighted by Crippen LogP contribution is 2.43. The van der Waals surface area contributed by atoms with Crippen molar-refractivity contribution in [2.24, 2.45) is 0 Å². The van der Waals surface area contributed by atoms with E-state index >= 15 is 0 Å². The van der Waals surface area contributed by atoms with Crippen molar-refractivity contribution in [2.45, 2.75) is 0 Å². The molecule has 0 saturated carbocycles. The van der Waals surface area contributed by atoms with Crippen molar-refractivity contribution >= 4 is 71.1 Å². The van der Waals surface area contributed by atoms with E-state index in [1.807, 2.05) is 78.9 Å². The Kier molecular flexibility index (Phi) is 6.95. The molecule has 0 unspecified atom stereocenters. The number of para-hydroxylation sites is 5. The highest BCUT2D eigenvalue weighted by atomic mass is 15.0. The number of hydrogen-bond acceptors (Lipinski definition) is 2. The van der Waals surface area contributed by atoms with Gasteiger partial charge in [-0.2, -0.15) is 10.5 Å². The molecule has 0 aliphatic carbocycles. The molecule has 0 spiro atoms. The number of nitriles is 2. The van der Waals surface area contributed by atoms with Crippen molar-refractivity contribution in [2.75, 3.05) is 0 Å². The van der Waals surface area contributed by atoms with Gasteiger partial charge in [-0.15, -0.1) is 0 Å². The van der Waals surface area contributed by atoms with Crippen molar-refractivity contribution in [3.8, 4) is 40.3 Å². The van der Waals surface area contributed by atoms with Gasteiger partial charge in [0.25, 0.3) is 0 Å². The first-order valence-electron chi connectivity index (χ1n) is 18.7. The second-order valence-electron chi connectivity index (χ2n) is 14.2. The molecule has 11 rings (SSSR count). The van der Waals surface area contributed by atoms with E-state index in [9.17, 15) is 10.5 Å². The van der Waals surface area contributed by atoms with Crippen molar-refractivity contribution in [3.05, 3.63) is 192 Å². The third-order valence-corrected chi connectivity index (χ3v) is 11.3. The van der Waals surface area contributed by atoms with Gasteiger partial charge in [0.05, 0.1) is 62.6 Å². The lowest BCUT2D eigenvalue weighted by molar-refractivity contribution is 1.16. The number of hydrogen-bond donors (Lipinski definition) is 0. The van der Waals surface area contributed by atoms with Crippen LogP contribution in [-0.2, 0) is 0 Å². The van der Waals surface area contributed by atoms with Crippen LogP contribution in [0.1, 0.15) is 11.1 Å². The summed E-state index contributed by atoms with van der Waals surface area (Å²) in [6, 6.07) is 62.3. The lowest BCUT2D eigenvalue weighted by Gasteiger charge is -2.16. The predicted molar refractivity (Wildman–Crippen MR) is 231 cm³/mol. The summed E-state index contributed by atoms with van der Waals surface area (Å²) in [5.41, 5.74) is 10.9. The first kappa shape index (κ1) is 32.1. The van der Waals surface area contributed by atoms with Gasteiger partial charge in [-0.1, -0.05) is 97.1 Å². The molecule has 6 nitrogen and oxygen atoms in total. The fourth-order valence-electron chi connectivity index (χ4n) is 8.91. The first-order valence-corrected chi connectivity index (χ1v) is 18.7. The van der Waals surface area contributed by atoms with Crippen LogP contribution in [0, 0.1) is 29.2 Å². The molecule has 0 N–H and O–H groups in total. The van der Waals surface area contributed by atoms with Crippen LogP contribution in [0.2, 0.25) is 0 Å². The van der Waals surface area contributed by atoms with Gasteiger partial charge in [0.15, 0.2) is 5.69 Å². The van der Waals surface area contributed by atoms with Crippen LogP contribution in [0.3, 0.4) is 0 Å².